The minimum atomic E-state index is -1.43. The molecular formula is C20H28N2O6. The Balaban J connectivity index is 3.05. The highest BCUT2D eigenvalue weighted by molar-refractivity contribution is 5.94. The second kappa shape index (κ2) is 9.87. The van der Waals surface area contributed by atoms with Crippen molar-refractivity contribution >= 4 is 23.8 Å². The molecule has 0 fully saturated rings. The van der Waals surface area contributed by atoms with E-state index in [2.05, 4.69) is 5.32 Å². The van der Waals surface area contributed by atoms with Crippen LogP contribution in [-0.2, 0) is 24.6 Å². The summed E-state index contributed by atoms with van der Waals surface area (Å²) in [6.45, 7) is 6.58. The smallest absolute Gasteiger partial charge is 0.326 e. The van der Waals surface area contributed by atoms with Gasteiger partial charge in [-0.05, 0) is 31.7 Å². The first-order valence-electron chi connectivity index (χ1n) is 9.47. The zero-order chi connectivity index (χ0) is 22.4. The molecule has 0 heterocycles. The van der Waals surface area contributed by atoms with Crippen molar-refractivity contribution in [2.24, 2.45) is 5.92 Å². The summed E-state index contributed by atoms with van der Waals surface area (Å²) in [4.78, 5) is 47.8. The summed E-state index contributed by atoms with van der Waals surface area (Å²) >= 11 is 0. The van der Waals surface area contributed by atoms with E-state index in [1.165, 1.54) is 0 Å². The van der Waals surface area contributed by atoms with Crippen molar-refractivity contribution in [2.75, 3.05) is 0 Å². The van der Waals surface area contributed by atoms with Crippen molar-refractivity contribution in [3.63, 3.8) is 0 Å². The lowest BCUT2D eigenvalue weighted by molar-refractivity contribution is -0.143. The average Bonchev–Trinajstić information content (AvgIpc) is 2.64. The zero-order valence-corrected chi connectivity index (χ0v) is 16.5. The van der Waals surface area contributed by atoms with E-state index in [1.807, 2.05) is 0 Å². The number of nitrogens with one attached hydrogen (secondary N) is 2. The SMILES string of the molecule is [2H]N(C(=O)C(C)(C)c1ccccc1)[C@H](C(=O)N[C@@H](CCC(=O)O)C(=O)O)C(C)C. The van der Waals surface area contributed by atoms with E-state index >= 15 is 0 Å². The number of hydrogen-bond acceptors (Lipinski definition) is 4. The van der Waals surface area contributed by atoms with Crippen LogP contribution in [0.2, 0.25) is 1.41 Å². The summed E-state index contributed by atoms with van der Waals surface area (Å²) in [6, 6.07) is 6.18. The second-order valence-electron chi connectivity index (χ2n) is 7.45. The van der Waals surface area contributed by atoms with Crippen molar-refractivity contribution in [1.29, 1.82) is 0 Å². The van der Waals surface area contributed by atoms with Crippen molar-refractivity contribution < 1.29 is 30.8 Å². The number of carboxylic acid groups (broad SMARTS) is 2. The molecule has 2 amide bonds. The van der Waals surface area contributed by atoms with Crippen LogP contribution < -0.4 is 10.6 Å². The molecule has 154 valence electrons. The van der Waals surface area contributed by atoms with Gasteiger partial charge in [-0.3, -0.25) is 14.4 Å². The largest absolute Gasteiger partial charge is 0.481 e. The predicted molar refractivity (Wildman–Crippen MR) is 103 cm³/mol. The minimum absolute atomic E-state index is 0.303. The van der Waals surface area contributed by atoms with Crippen LogP contribution in [0.5, 0.6) is 0 Å². The maximum Gasteiger partial charge on any atom is 0.326 e. The molecule has 4 N–H and O–H groups in total. The van der Waals surface area contributed by atoms with Gasteiger partial charge in [0.05, 0.1) is 5.41 Å². The first-order chi connectivity index (χ1) is 13.4. The Morgan fingerprint density at radius 1 is 1.11 bits per heavy atom. The molecular weight excluding hydrogens is 364 g/mol. The molecule has 0 saturated heterocycles. The highest BCUT2D eigenvalue weighted by atomic mass is 16.4. The Bertz CT molecular complexity index is 751. The maximum atomic E-state index is 13.0. The standard InChI is InChI=1S/C20H28N2O6/c1-12(2)16(17(25)21-14(18(26)27)10-11-15(23)24)22-19(28)20(3,4)13-8-6-5-7-9-13/h5-9,12,14,16H,10-11H2,1-4H3,(H,21,25)(H,22,28)(H,23,24)(H,26,27)/t14-,16-/m0/s1/i/hD. The second-order valence-corrected chi connectivity index (χ2v) is 7.45. The van der Waals surface area contributed by atoms with Crippen LogP contribution in [0.15, 0.2) is 30.3 Å². The maximum absolute atomic E-state index is 13.0. The molecule has 0 radical (unpaired) electrons. The monoisotopic (exact) mass is 393 g/mol. The van der Waals surface area contributed by atoms with Crippen LogP contribution in [0.3, 0.4) is 0 Å². The van der Waals surface area contributed by atoms with Crippen molar-refractivity contribution in [2.45, 2.75) is 58.0 Å². The van der Waals surface area contributed by atoms with Gasteiger partial charge >= 0.3 is 11.9 Å². The van der Waals surface area contributed by atoms with Gasteiger partial charge in [0.1, 0.15) is 12.1 Å². The van der Waals surface area contributed by atoms with Gasteiger partial charge in [0.2, 0.25) is 11.8 Å². The molecule has 0 aliphatic heterocycles. The highest BCUT2D eigenvalue weighted by Gasteiger charge is 2.35. The van der Waals surface area contributed by atoms with E-state index in [1.54, 1.807) is 58.0 Å². The lowest BCUT2D eigenvalue weighted by Crippen LogP contribution is -2.56. The van der Waals surface area contributed by atoms with E-state index < -0.39 is 53.6 Å². The molecule has 0 unspecified atom stereocenters. The van der Waals surface area contributed by atoms with Gasteiger partial charge in [0.15, 0.2) is 1.41 Å². The molecule has 0 aliphatic rings. The Morgan fingerprint density at radius 3 is 2.14 bits per heavy atom. The van der Waals surface area contributed by atoms with Crippen LogP contribution >= 0.6 is 0 Å². The number of rotatable bonds is 10. The van der Waals surface area contributed by atoms with E-state index in [0.717, 1.165) is 0 Å². The Labute approximate surface area is 165 Å². The predicted octanol–water partition coefficient (Wildman–Crippen LogP) is 1.54. The molecule has 0 saturated carbocycles. The van der Waals surface area contributed by atoms with Crippen LogP contribution in [0, 0.1) is 5.92 Å². The van der Waals surface area contributed by atoms with E-state index in [0.29, 0.717) is 10.9 Å². The summed E-state index contributed by atoms with van der Waals surface area (Å²) < 4.78 is 8.30. The molecule has 28 heavy (non-hydrogen) atoms. The number of carbonyl (C=O) groups excluding carboxylic acids is 2. The van der Waals surface area contributed by atoms with Gasteiger partial charge in [-0.2, -0.15) is 0 Å². The van der Waals surface area contributed by atoms with Gasteiger partial charge in [-0.25, -0.2) is 4.79 Å². The summed E-state index contributed by atoms with van der Waals surface area (Å²) in [7, 11) is 0. The number of carbonyl (C=O) groups is 4. The third-order valence-corrected chi connectivity index (χ3v) is 4.45. The van der Waals surface area contributed by atoms with Gasteiger partial charge in [-0.1, -0.05) is 44.2 Å². The number of carboxylic acids is 2. The van der Waals surface area contributed by atoms with Crippen LogP contribution in [0.4, 0.5) is 0 Å². The molecule has 8 heteroatoms. The lowest BCUT2D eigenvalue weighted by atomic mass is 9.83. The normalized spacial score (nSPS) is 14.0. The third-order valence-electron chi connectivity index (χ3n) is 4.45. The fourth-order valence-corrected chi connectivity index (χ4v) is 2.56. The number of aliphatic carboxylic acids is 2. The van der Waals surface area contributed by atoms with Crippen molar-refractivity contribution in [1.82, 2.24) is 10.6 Å². The molecule has 1 aromatic rings. The van der Waals surface area contributed by atoms with Crippen LogP contribution in [0.1, 0.15) is 46.1 Å². The molecule has 1 rings (SSSR count). The number of benzene rings is 1. The molecule has 0 aromatic heterocycles. The van der Waals surface area contributed by atoms with Gasteiger partial charge in [0, 0.05) is 6.42 Å². The van der Waals surface area contributed by atoms with Gasteiger partial charge < -0.3 is 20.8 Å². The minimum Gasteiger partial charge on any atom is -0.481 e. The topological polar surface area (TPSA) is 133 Å². The summed E-state index contributed by atoms with van der Waals surface area (Å²) in [5, 5.41) is 20.8. The molecule has 1 aromatic carbocycles. The van der Waals surface area contributed by atoms with Gasteiger partial charge in [0.25, 0.3) is 0 Å². The Hall–Kier alpha value is -2.90. The van der Waals surface area contributed by atoms with Crippen LogP contribution in [-0.4, -0.2) is 46.0 Å². The summed E-state index contributed by atoms with van der Waals surface area (Å²) in [5.41, 5.74) is -0.401. The van der Waals surface area contributed by atoms with Crippen molar-refractivity contribution in [3.8, 4) is 0 Å². The Kier molecular flexibility index (Phi) is 7.54. The molecule has 8 nitrogen and oxygen atoms in total. The molecule has 2 atom stereocenters. The zero-order valence-electron chi connectivity index (χ0n) is 17.5. The summed E-state index contributed by atoms with van der Waals surface area (Å²) in [6.07, 6.45) is -0.739. The third kappa shape index (κ3) is 6.37. The van der Waals surface area contributed by atoms with E-state index in [9.17, 15) is 24.3 Å². The number of amides is 2. The first kappa shape index (κ1) is 21.4. The van der Waals surface area contributed by atoms with E-state index in [4.69, 9.17) is 6.52 Å². The fourth-order valence-electron chi connectivity index (χ4n) is 2.56. The van der Waals surface area contributed by atoms with E-state index in [-0.39, 0.29) is 6.42 Å². The first-order valence-corrected chi connectivity index (χ1v) is 9.02. The van der Waals surface area contributed by atoms with Crippen LogP contribution in [0.25, 0.3) is 0 Å². The van der Waals surface area contributed by atoms with Crippen molar-refractivity contribution in [3.05, 3.63) is 35.9 Å². The summed E-state index contributed by atoms with van der Waals surface area (Å²) in [5.74, 6) is -4.47. The molecule has 0 bridgehead atoms. The number of hydrogen-bond donors (Lipinski definition) is 4. The fraction of sp³-hybridized carbons (Fsp3) is 0.500. The average molecular weight is 393 g/mol. The Morgan fingerprint density at radius 2 is 1.68 bits per heavy atom. The van der Waals surface area contributed by atoms with Gasteiger partial charge in [-0.15, -0.1) is 0 Å². The molecule has 0 spiro atoms. The lowest BCUT2D eigenvalue weighted by Gasteiger charge is -2.29. The molecule has 0 aliphatic carbocycles. The highest BCUT2D eigenvalue weighted by Crippen LogP contribution is 2.23. The quantitative estimate of drug-likeness (QED) is 0.477.